The number of carbonyl (C=O) groups excluding carboxylic acids is 1. The molecule has 0 atom stereocenters. The Bertz CT molecular complexity index is 571. The SMILES string of the molecule is O=C(O)C1CCN(C(=O)CCCOc2ccc(F)cc2F)CC1. The molecule has 1 aromatic rings. The molecule has 0 unspecified atom stereocenters. The zero-order valence-electron chi connectivity index (χ0n) is 12.6. The predicted molar refractivity (Wildman–Crippen MR) is 78.0 cm³/mol. The first-order chi connectivity index (χ1) is 11.0. The van der Waals surface area contributed by atoms with Crippen LogP contribution in [0.3, 0.4) is 0 Å². The van der Waals surface area contributed by atoms with Gasteiger partial charge in [0.1, 0.15) is 5.82 Å². The van der Waals surface area contributed by atoms with Gasteiger partial charge >= 0.3 is 5.97 Å². The van der Waals surface area contributed by atoms with E-state index in [-0.39, 0.29) is 30.6 Å². The van der Waals surface area contributed by atoms with Crippen molar-refractivity contribution >= 4 is 11.9 Å². The molecule has 1 aliphatic rings. The number of carbonyl (C=O) groups is 2. The van der Waals surface area contributed by atoms with Crippen LogP contribution in [0.15, 0.2) is 18.2 Å². The Morgan fingerprint density at radius 2 is 1.96 bits per heavy atom. The van der Waals surface area contributed by atoms with Crippen LogP contribution in [0, 0.1) is 17.6 Å². The van der Waals surface area contributed by atoms with Crippen molar-refractivity contribution in [3.05, 3.63) is 29.8 Å². The van der Waals surface area contributed by atoms with Gasteiger partial charge in [0, 0.05) is 25.6 Å². The van der Waals surface area contributed by atoms with Crippen molar-refractivity contribution in [1.82, 2.24) is 4.90 Å². The fourth-order valence-electron chi connectivity index (χ4n) is 2.53. The van der Waals surface area contributed by atoms with Crippen LogP contribution in [0.25, 0.3) is 0 Å². The molecule has 1 amide bonds. The van der Waals surface area contributed by atoms with Crippen LogP contribution in [0.5, 0.6) is 5.75 Å². The maximum atomic E-state index is 13.3. The third-order valence-corrected chi connectivity index (χ3v) is 3.88. The van der Waals surface area contributed by atoms with E-state index in [9.17, 15) is 18.4 Å². The number of halogens is 2. The van der Waals surface area contributed by atoms with Crippen molar-refractivity contribution in [2.24, 2.45) is 5.92 Å². The van der Waals surface area contributed by atoms with Gasteiger partial charge in [-0.25, -0.2) is 8.78 Å². The Morgan fingerprint density at radius 3 is 2.57 bits per heavy atom. The number of hydrogen-bond donors (Lipinski definition) is 1. The van der Waals surface area contributed by atoms with E-state index in [1.54, 1.807) is 4.90 Å². The summed E-state index contributed by atoms with van der Waals surface area (Å²) >= 11 is 0. The Kier molecular flexibility index (Phi) is 5.90. The summed E-state index contributed by atoms with van der Waals surface area (Å²) in [7, 11) is 0. The number of hydrogen-bond acceptors (Lipinski definition) is 3. The number of nitrogens with zero attached hydrogens (tertiary/aromatic N) is 1. The second-order valence-corrected chi connectivity index (χ2v) is 5.52. The van der Waals surface area contributed by atoms with Crippen molar-refractivity contribution in [1.29, 1.82) is 0 Å². The summed E-state index contributed by atoms with van der Waals surface area (Å²) in [6, 6.07) is 3.06. The zero-order valence-corrected chi connectivity index (χ0v) is 12.6. The van der Waals surface area contributed by atoms with Crippen LogP contribution in [0.4, 0.5) is 8.78 Å². The summed E-state index contributed by atoms with van der Waals surface area (Å²) in [5.41, 5.74) is 0. The van der Waals surface area contributed by atoms with Crippen LogP contribution < -0.4 is 4.74 Å². The second kappa shape index (κ2) is 7.89. The molecular weight excluding hydrogens is 308 g/mol. The number of likely N-dealkylation sites (tertiary alicyclic amines) is 1. The quantitative estimate of drug-likeness (QED) is 0.815. The molecule has 0 aromatic heterocycles. The molecular formula is C16H19F2NO4. The first-order valence-electron chi connectivity index (χ1n) is 7.56. The molecule has 0 radical (unpaired) electrons. The molecule has 0 aliphatic carbocycles. The third-order valence-electron chi connectivity index (χ3n) is 3.88. The van der Waals surface area contributed by atoms with Crippen molar-refractivity contribution < 1.29 is 28.2 Å². The van der Waals surface area contributed by atoms with Crippen LogP contribution in [0.1, 0.15) is 25.7 Å². The first kappa shape index (κ1) is 17.2. The lowest BCUT2D eigenvalue weighted by atomic mass is 9.97. The van der Waals surface area contributed by atoms with E-state index >= 15 is 0 Å². The summed E-state index contributed by atoms with van der Waals surface area (Å²) in [6.07, 6.45) is 1.60. The largest absolute Gasteiger partial charge is 0.491 e. The van der Waals surface area contributed by atoms with E-state index in [0.29, 0.717) is 32.4 Å². The first-order valence-corrected chi connectivity index (χ1v) is 7.56. The average Bonchev–Trinajstić information content (AvgIpc) is 2.53. The van der Waals surface area contributed by atoms with Gasteiger partial charge in [-0.2, -0.15) is 0 Å². The minimum absolute atomic E-state index is 0.0406. The predicted octanol–water partition coefficient (Wildman–Crippen LogP) is 2.45. The molecule has 1 saturated heterocycles. The summed E-state index contributed by atoms with van der Waals surface area (Å²) in [5, 5.41) is 8.91. The summed E-state index contributed by atoms with van der Waals surface area (Å²) in [4.78, 5) is 24.5. The molecule has 0 bridgehead atoms. The van der Waals surface area contributed by atoms with Gasteiger partial charge in [-0.3, -0.25) is 9.59 Å². The van der Waals surface area contributed by atoms with Gasteiger partial charge in [-0.05, 0) is 31.4 Å². The Balaban J connectivity index is 1.68. The number of aliphatic carboxylic acids is 1. The van der Waals surface area contributed by atoms with Gasteiger partial charge in [0.2, 0.25) is 5.91 Å². The Hall–Kier alpha value is -2.18. The fraction of sp³-hybridized carbons (Fsp3) is 0.500. The van der Waals surface area contributed by atoms with E-state index < -0.39 is 17.6 Å². The lowest BCUT2D eigenvalue weighted by molar-refractivity contribution is -0.145. The standard InChI is InChI=1S/C16H19F2NO4/c17-12-3-4-14(13(18)10-12)23-9-1-2-15(20)19-7-5-11(6-8-19)16(21)22/h3-4,10-11H,1-2,5-9H2,(H,21,22). The molecule has 1 aliphatic heterocycles. The molecule has 2 rings (SSSR count). The highest BCUT2D eigenvalue weighted by Gasteiger charge is 2.26. The molecule has 23 heavy (non-hydrogen) atoms. The number of carboxylic acid groups (broad SMARTS) is 1. The molecule has 1 heterocycles. The summed E-state index contributed by atoms with van der Waals surface area (Å²) in [5.74, 6) is -2.73. The number of rotatable bonds is 6. The highest BCUT2D eigenvalue weighted by molar-refractivity contribution is 5.77. The van der Waals surface area contributed by atoms with E-state index in [1.807, 2.05) is 0 Å². The lowest BCUT2D eigenvalue weighted by Crippen LogP contribution is -2.40. The van der Waals surface area contributed by atoms with E-state index in [0.717, 1.165) is 12.1 Å². The third kappa shape index (κ3) is 4.91. The molecule has 5 nitrogen and oxygen atoms in total. The van der Waals surface area contributed by atoms with Gasteiger partial charge in [0.05, 0.1) is 12.5 Å². The highest BCUT2D eigenvalue weighted by atomic mass is 19.1. The Morgan fingerprint density at radius 1 is 1.26 bits per heavy atom. The van der Waals surface area contributed by atoms with Gasteiger partial charge in [0.15, 0.2) is 11.6 Å². The molecule has 7 heteroatoms. The highest BCUT2D eigenvalue weighted by Crippen LogP contribution is 2.19. The van der Waals surface area contributed by atoms with Crippen LogP contribution in [-0.2, 0) is 9.59 Å². The molecule has 126 valence electrons. The maximum absolute atomic E-state index is 13.3. The van der Waals surface area contributed by atoms with Crippen LogP contribution in [-0.4, -0.2) is 41.6 Å². The van der Waals surface area contributed by atoms with Gasteiger partial charge in [0.25, 0.3) is 0 Å². The van der Waals surface area contributed by atoms with Crippen molar-refractivity contribution in [3.63, 3.8) is 0 Å². The smallest absolute Gasteiger partial charge is 0.306 e. The number of amides is 1. The molecule has 1 fully saturated rings. The fourth-order valence-corrected chi connectivity index (χ4v) is 2.53. The number of ether oxygens (including phenoxy) is 1. The summed E-state index contributed by atoms with van der Waals surface area (Å²) < 4.78 is 31.3. The lowest BCUT2D eigenvalue weighted by Gasteiger charge is -2.30. The number of carboxylic acids is 1. The molecule has 1 aromatic carbocycles. The maximum Gasteiger partial charge on any atom is 0.306 e. The van der Waals surface area contributed by atoms with Gasteiger partial charge in [-0.15, -0.1) is 0 Å². The summed E-state index contributed by atoms with van der Waals surface area (Å²) in [6.45, 7) is 1.05. The van der Waals surface area contributed by atoms with Gasteiger partial charge in [-0.1, -0.05) is 0 Å². The van der Waals surface area contributed by atoms with Crippen LogP contribution >= 0.6 is 0 Å². The van der Waals surface area contributed by atoms with Crippen molar-refractivity contribution in [3.8, 4) is 5.75 Å². The average molecular weight is 327 g/mol. The zero-order chi connectivity index (χ0) is 16.8. The minimum atomic E-state index is -0.813. The molecule has 0 saturated carbocycles. The molecule has 1 N–H and O–H groups in total. The minimum Gasteiger partial charge on any atom is -0.491 e. The number of piperidine rings is 1. The number of benzene rings is 1. The Labute approximate surface area is 132 Å². The van der Waals surface area contributed by atoms with Crippen molar-refractivity contribution in [2.75, 3.05) is 19.7 Å². The molecule has 0 spiro atoms. The normalized spacial score (nSPS) is 15.5. The monoisotopic (exact) mass is 327 g/mol. The second-order valence-electron chi connectivity index (χ2n) is 5.52. The van der Waals surface area contributed by atoms with E-state index in [4.69, 9.17) is 9.84 Å². The van der Waals surface area contributed by atoms with E-state index in [2.05, 4.69) is 0 Å². The van der Waals surface area contributed by atoms with Crippen LogP contribution in [0.2, 0.25) is 0 Å². The topological polar surface area (TPSA) is 66.8 Å². The van der Waals surface area contributed by atoms with Crippen molar-refractivity contribution in [2.45, 2.75) is 25.7 Å². The van der Waals surface area contributed by atoms with Gasteiger partial charge < -0.3 is 14.7 Å². The van der Waals surface area contributed by atoms with E-state index in [1.165, 1.54) is 6.07 Å².